The average molecular weight is 310 g/mol. The Morgan fingerprint density at radius 1 is 0.826 bits per heavy atom. The van der Waals surface area contributed by atoms with E-state index in [2.05, 4.69) is 6.92 Å². The van der Waals surface area contributed by atoms with Crippen molar-refractivity contribution in [3.8, 4) is 0 Å². The topological polar surface area (TPSA) is 47.3 Å². The van der Waals surface area contributed by atoms with Crippen LogP contribution in [0.1, 0.15) is 83.2 Å². The third kappa shape index (κ3) is 3.14. The zero-order chi connectivity index (χ0) is 16.2. The summed E-state index contributed by atoms with van der Waals surface area (Å²) in [6.07, 6.45) is 8.02. The highest BCUT2D eigenvalue weighted by Crippen LogP contribution is 2.30. The Morgan fingerprint density at radius 2 is 1.48 bits per heavy atom. The van der Waals surface area contributed by atoms with Crippen LogP contribution in [0.5, 0.6) is 0 Å². The molecule has 3 rings (SSSR count). The molecule has 1 aliphatic carbocycles. The summed E-state index contributed by atoms with van der Waals surface area (Å²) in [5, 5.41) is 0. The molecule has 0 bridgehead atoms. The molecule has 0 spiro atoms. The Bertz CT molecular complexity index is 672. The molecule has 1 aliphatic rings. The van der Waals surface area contributed by atoms with Gasteiger partial charge in [0, 0.05) is 17.5 Å². The normalized spacial score (nSPS) is 13.1. The van der Waals surface area contributed by atoms with Crippen LogP contribution in [0.2, 0.25) is 0 Å². The number of ketones is 2. The molecular formula is C20H22O3. The van der Waals surface area contributed by atoms with Gasteiger partial charge >= 0.3 is 0 Å². The molecule has 3 heteroatoms. The van der Waals surface area contributed by atoms with Crippen molar-refractivity contribution in [2.45, 2.75) is 51.9 Å². The van der Waals surface area contributed by atoms with Crippen LogP contribution >= 0.6 is 0 Å². The lowest BCUT2D eigenvalue weighted by molar-refractivity contribution is 0.0959. The number of furan rings is 1. The van der Waals surface area contributed by atoms with Gasteiger partial charge in [0.2, 0.25) is 5.78 Å². The predicted molar refractivity (Wildman–Crippen MR) is 89.1 cm³/mol. The minimum absolute atomic E-state index is 0.104. The van der Waals surface area contributed by atoms with Gasteiger partial charge < -0.3 is 4.42 Å². The van der Waals surface area contributed by atoms with Gasteiger partial charge in [-0.3, -0.25) is 9.59 Å². The van der Waals surface area contributed by atoms with Crippen molar-refractivity contribution < 1.29 is 14.0 Å². The summed E-state index contributed by atoms with van der Waals surface area (Å²) >= 11 is 0. The number of hydrogen-bond donors (Lipinski definition) is 0. The number of carbonyl (C=O) groups is 2. The van der Waals surface area contributed by atoms with E-state index in [4.69, 9.17) is 4.42 Å². The lowest BCUT2D eigenvalue weighted by atomic mass is 9.88. The van der Waals surface area contributed by atoms with Crippen LogP contribution in [-0.2, 0) is 6.42 Å². The number of unbranched alkanes of at least 4 members (excludes halogenated alkanes) is 5. The van der Waals surface area contributed by atoms with Crippen molar-refractivity contribution in [1.29, 1.82) is 0 Å². The maximum absolute atomic E-state index is 12.5. The van der Waals surface area contributed by atoms with Crippen LogP contribution in [0.3, 0.4) is 0 Å². The molecule has 0 radical (unpaired) electrons. The summed E-state index contributed by atoms with van der Waals surface area (Å²) in [5.41, 5.74) is 1.36. The van der Waals surface area contributed by atoms with Crippen molar-refractivity contribution in [1.82, 2.24) is 0 Å². The molecule has 0 fully saturated rings. The highest BCUT2D eigenvalue weighted by atomic mass is 16.3. The van der Waals surface area contributed by atoms with Crippen LogP contribution < -0.4 is 0 Å². The quantitative estimate of drug-likeness (QED) is 0.580. The number of rotatable bonds is 7. The largest absolute Gasteiger partial charge is 0.457 e. The van der Waals surface area contributed by atoms with E-state index in [0.717, 1.165) is 25.0 Å². The standard InChI is InChI=1S/C20H22O3/c1-2-3-4-5-6-7-10-14-13-17-18(21)15-11-8-9-12-16(15)19(22)20(17)23-14/h8-9,11-13H,2-7,10H2,1H3. The van der Waals surface area contributed by atoms with Gasteiger partial charge in [0.25, 0.3) is 0 Å². The zero-order valence-electron chi connectivity index (χ0n) is 13.6. The average Bonchev–Trinajstić information content (AvgIpc) is 3.00. The SMILES string of the molecule is CCCCCCCCc1cc2c(o1)C(=O)c1ccccc1C2=O. The maximum Gasteiger partial charge on any atom is 0.229 e. The first-order valence-corrected chi connectivity index (χ1v) is 8.53. The molecule has 0 N–H and O–H groups in total. The molecule has 1 aromatic heterocycles. The Balaban J connectivity index is 1.69. The van der Waals surface area contributed by atoms with E-state index in [1.165, 1.54) is 25.7 Å². The Morgan fingerprint density at radius 3 is 2.22 bits per heavy atom. The van der Waals surface area contributed by atoms with E-state index >= 15 is 0 Å². The zero-order valence-corrected chi connectivity index (χ0v) is 13.6. The van der Waals surface area contributed by atoms with Crippen molar-refractivity contribution in [3.63, 3.8) is 0 Å². The number of fused-ring (bicyclic) bond motifs is 2. The van der Waals surface area contributed by atoms with Crippen LogP contribution in [0.4, 0.5) is 0 Å². The van der Waals surface area contributed by atoms with E-state index in [-0.39, 0.29) is 17.3 Å². The summed E-state index contributed by atoms with van der Waals surface area (Å²) in [6.45, 7) is 2.21. The van der Waals surface area contributed by atoms with Gasteiger partial charge in [-0.05, 0) is 12.5 Å². The van der Waals surface area contributed by atoms with Crippen molar-refractivity contribution in [2.24, 2.45) is 0 Å². The lowest BCUT2D eigenvalue weighted by Crippen LogP contribution is -2.18. The molecule has 120 valence electrons. The van der Waals surface area contributed by atoms with E-state index in [1.54, 1.807) is 30.3 Å². The first-order valence-electron chi connectivity index (χ1n) is 8.53. The second kappa shape index (κ2) is 6.95. The highest BCUT2D eigenvalue weighted by molar-refractivity contribution is 6.27. The third-order valence-corrected chi connectivity index (χ3v) is 4.43. The van der Waals surface area contributed by atoms with E-state index in [1.807, 2.05) is 0 Å². The smallest absolute Gasteiger partial charge is 0.229 e. The number of carbonyl (C=O) groups excluding carboxylic acids is 2. The summed E-state index contributed by atoms with van der Waals surface area (Å²) in [7, 11) is 0. The molecule has 1 aromatic carbocycles. The second-order valence-corrected chi connectivity index (χ2v) is 6.18. The maximum atomic E-state index is 12.5. The molecule has 0 amide bonds. The van der Waals surface area contributed by atoms with E-state index < -0.39 is 0 Å². The van der Waals surface area contributed by atoms with Gasteiger partial charge in [0.05, 0.1) is 5.56 Å². The van der Waals surface area contributed by atoms with Gasteiger partial charge in [-0.15, -0.1) is 0 Å². The van der Waals surface area contributed by atoms with Crippen LogP contribution in [0, 0.1) is 0 Å². The molecular weight excluding hydrogens is 288 g/mol. The lowest BCUT2D eigenvalue weighted by Gasteiger charge is -2.11. The molecule has 23 heavy (non-hydrogen) atoms. The Hall–Kier alpha value is -2.16. The van der Waals surface area contributed by atoms with E-state index in [9.17, 15) is 9.59 Å². The summed E-state index contributed by atoms with van der Waals surface area (Å²) in [5.74, 6) is 0.687. The van der Waals surface area contributed by atoms with E-state index in [0.29, 0.717) is 16.7 Å². The van der Waals surface area contributed by atoms with Crippen LogP contribution in [-0.4, -0.2) is 11.6 Å². The fourth-order valence-electron chi connectivity index (χ4n) is 3.13. The summed E-state index contributed by atoms with van der Waals surface area (Å²) in [6, 6.07) is 8.71. The molecule has 1 heterocycles. The molecule has 0 aliphatic heterocycles. The molecule has 3 nitrogen and oxygen atoms in total. The molecule has 0 atom stereocenters. The van der Waals surface area contributed by atoms with Gasteiger partial charge in [-0.25, -0.2) is 0 Å². The minimum atomic E-state index is -0.176. The molecule has 0 saturated carbocycles. The molecule has 0 saturated heterocycles. The van der Waals surface area contributed by atoms with Crippen molar-refractivity contribution in [3.05, 3.63) is 58.5 Å². The number of hydrogen-bond acceptors (Lipinski definition) is 3. The number of benzene rings is 1. The summed E-state index contributed by atoms with van der Waals surface area (Å²) in [4.78, 5) is 25.0. The second-order valence-electron chi connectivity index (χ2n) is 6.18. The Kier molecular flexibility index (Phi) is 4.75. The monoisotopic (exact) mass is 310 g/mol. The minimum Gasteiger partial charge on any atom is -0.457 e. The van der Waals surface area contributed by atoms with Gasteiger partial charge in [-0.1, -0.05) is 63.3 Å². The van der Waals surface area contributed by atoms with Gasteiger partial charge in [0.15, 0.2) is 11.5 Å². The fraction of sp³-hybridized carbons (Fsp3) is 0.400. The predicted octanol–water partition coefficient (Wildman–Crippen LogP) is 4.96. The third-order valence-electron chi connectivity index (χ3n) is 4.43. The molecule has 2 aromatic rings. The van der Waals surface area contributed by atoms with Crippen LogP contribution in [0.25, 0.3) is 0 Å². The highest BCUT2D eigenvalue weighted by Gasteiger charge is 2.33. The van der Waals surface area contributed by atoms with Gasteiger partial charge in [-0.2, -0.15) is 0 Å². The first kappa shape index (κ1) is 15.7. The fourth-order valence-corrected chi connectivity index (χ4v) is 3.13. The first-order chi connectivity index (χ1) is 11.2. The van der Waals surface area contributed by atoms with Crippen molar-refractivity contribution >= 4 is 11.6 Å². The Labute approximate surface area is 136 Å². The van der Waals surface area contributed by atoms with Crippen molar-refractivity contribution in [2.75, 3.05) is 0 Å². The number of aryl methyl sites for hydroxylation is 1. The summed E-state index contributed by atoms with van der Waals surface area (Å²) < 4.78 is 5.70. The van der Waals surface area contributed by atoms with Gasteiger partial charge in [0.1, 0.15) is 5.76 Å². The molecule has 0 unspecified atom stereocenters. The van der Waals surface area contributed by atoms with Crippen LogP contribution in [0.15, 0.2) is 34.7 Å².